The van der Waals surface area contributed by atoms with Gasteiger partial charge in [0, 0.05) is 23.7 Å². The molecule has 0 bridgehead atoms. The van der Waals surface area contributed by atoms with Gasteiger partial charge < -0.3 is 14.8 Å². The molecule has 0 fully saturated rings. The monoisotopic (exact) mass is 312 g/mol. The van der Waals surface area contributed by atoms with Gasteiger partial charge in [-0.25, -0.2) is 0 Å². The molecule has 0 saturated carbocycles. The fraction of sp³-hybridized carbons (Fsp3) is 0.333. The first-order valence-electron chi connectivity index (χ1n) is 7.61. The predicted octanol–water partition coefficient (Wildman–Crippen LogP) is 2.33. The van der Waals surface area contributed by atoms with Gasteiger partial charge in [0.05, 0.1) is 19.3 Å². The molecule has 0 radical (unpaired) electrons. The number of fused-ring (bicyclic) bond motifs is 1. The van der Waals surface area contributed by atoms with E-state index >= 15 is 0 Å². The van der Waals surface area contributed by atoms with Gasteiger partial charge >= 0.3 is 0 Å². The highest BCUT2D eigenvalue weighted by Crippen LogP contribution is 2.28. The van der Waals surface area contributed by atoms with Gasteiger partial charge in [0.1, 0.15) is 11.5 Å². The molecule has 23 heavy (non-hydrogen) atoms. The van der Waals surface area contributed by atoms with Crippen molar-refractivity contribution >= 4 is 5.91 Å². The lowest BCUT2D eigenvalue weighted by atomic mass is 10.1. The van der Waals surface area contributed by atoms with Gasteiger partial charge in [-0.15, -0.1) is 0 Å². The van der Waals surface area contributed by atoms with Crippen molar-refractivity contribution in [3.05, 3.63) is 52.8 Å². The highest BCUT2D eigenvalue weighted by Gasteiger charge is 2.28. The molecule has 2 heterocycles. The number of nitrogens with zero attached hydrogens (tertiary/aromatic N) is 1. The van der Waals surface area contributed by atoms with Gasteiger partial charge in [0.15, 0.2) is 6.10 Å². The number of benzene rings is 1. The number of hydrogen-bond donors (Lipinski definition) is 1. The van der Waals surface area contributed by atoms with Gasteiger partial charge in [-0.1, -0.05) is 18.2 Å². The lowest BCUT2D eigenvalue weighted by Gasteiger charge is -2.14. The van der Waals surface area contributed by atoms with E-state index in [9.17, 15) is 4.79 Å². The molecule has 5 nitrogen and oxygen atoms in total. The maximum Gasteiger partial charge on any atom is 0.261 e. The molecule has 1 N–H and O–H groups in total. The first-order valence-corrected chi connectivity index (χ1v) is 7.61. The number of nitrogens with one attached hydrogen (secondary N) is 1. The lowest BCUT2D eigenvalue weighted by Crippen LogP contribution is -2.37. The largest absolute Gasteiger partial charge is 0.496 e. The minimum Gasteiger partial charge on any atom is -0.496 e. The van der Waals surface area contributed by atoms with Gasteiger partial charge in [-0.2, -0.15) is 0 Å². The fourth-order valence-corrected chi connectivity index (χ4v) is 2.86. The van der Waals surface area contributed by atoms with Crippen LogP contribution in [0.5, 0.6) is 11.5 Å². The molecule has 0 spiro atoms. The van der Waals surface area contributed by atoms with Crippen molar-refractivity contribution in [2.75, 3.05) is 7.11 Å². The molecule has 5 heteroatoms. The summed E-state index contributed by atoms with van der Waals surface area (Å²) in [5.41, 5.74) is 3.80. The number of aromatic nitrogens is 1. The molecule has 1 aliphatic heterocycles. The zero-order valence-electron chi connectivity index (χ0n) is 13.6. The van der Waals surface area contributed by atoms with Crippen LogP contribution in [0.3, 0.4) is 0 Å². The lowest BCUT2D eigenvalue weighted by molar-refractivity contribution is -0.127. The number of aryl methyl sites for hydroxylation is 1. The number of rotatable bonds is 4. The van der Waals surface area contributed by atoms with Crippen LogP contribution in [-0.2, 0) is 17.8 Å². The van der Waals surface area contributed by atoms with Crippen molar-refractivity contribution in [1.82, 2.24) is 10.3 Å². The Kier molecular flexibility index (Phi) is 4.19. The summed E-state index contributed by atoms with van der Waals surface area (Å²) in [6.45, 7) is 4.25. The Morgan fingerprint density at radius 3 is 2.91 bits per heavy atom. The van der Waals surface area contributed by atoms with Crippen LogP contribution >= 0.6 is 0 Å². The second-order valence-corrected chi connectivity index (χ2v) is 5.68. The number of carbonyl (C=O) groups is 1. The third-order valence-electron chi connectivity index (χ3n) is 4.12. The second kappa shape index (κ2) is 6.28. The minimum absolute atomic E-state index is 0.123. The second-order valence-electron chi connectivity index (χ2n) is 5.68. The topological polar surface area (TPSA) is 60.5 Å². The van der Waals surface area contributed by atoms with Crippen LogP contribution in [0.2, 0.25) is 0 Å². The van der Waals surface area contributed by atoms with Crippen molar-refractivity contribution in [1.29, 1.82) is 0 Å². The summed E-state index contributed by atoms with van der Waals surface area (Å²) in [4.78, 5) is 16.7. The van der Waals surface area contributed by atoms with Crippen LogP contribution in [-0.4, -0.2) is 24.1 Å². The standard InChI is InChI=1S/C18H20N2O3/c1-11-9-19-14(12(2)17(11)22-3)10-20-18(21)16-8-13-6-4-5-7-15(13)23-16/h4-7,9,16H,8,10H2,1-3H3,(H,20,21)/t16-/m1/s1. The fourth-order valence-electron chi connectivity index (χ4n) is 2.86. The Balaban J connectivity index is 1.65. The van der Waals surface area contributed by atoms with Crippen molar-refractivity contribution in [3.63, 3.8) is 0 Å². The highest BCUT2D eigenvalue weighted by atomic mass is 16.5. The molecule has 1 atom stereocenters. The summed E-state index contributed by atoms with van der Waals surface area (Å²) in [6.07, 6.45) is 1.89. The summed E-state index contributed by atoms with van der Waals surface area (Å²) in [5, 5.41) is 2.91. The van der Waals surface area contributed by atoms with E-state index in [1.54, 1.807) is 13.3 Å². The molecule has 0 saturated heterocycles. The molecule has 120 valence electrons. The number of methoxy groups -OCH3 is 1. The molecule has 3 rings (SSSR count). The molecule has 0 aliphatic carbocycles. The number of pyridine rings is 1. The van der Waals surface area contributed by atoms with Gasteiger partial charge in [-0.05, 0) is 25.5 Å². The summed E-state index contributed by atoms with van der Waals surface area (Å²) in [6, 6.07) is 7.73. The van der Waals surface area contributed by atoms with E-state index in [0.717, 1.165) is 33.9 Å². The zero-order chi connectivity index (χ0) is 16.4. The van der Waals surface area contributed by atoms with Crippen molar-refractivity contribution in [2.24, 2.45) is 0 Å². The quantitative estimate of drug-likeness (QED) is 0.941. The van der Waals surface area contributed by atoms with Gasteiger partial charge in [0.25, 0.3) is 5.91 Å². The Morgan fingerprint density at radius 2 is 2.17 bits per heavy atom. The number of amides is 1. The molecule has 2 aromatic rings. The van der Waals surface area contributed by atoms with Crippen molar-refractivity contribution in [2.45, 2.75) is 32.9 Å². The third kappa shape index (κ3) is 2.99. The molecule has 1 amide bonds. The Morgan fingerprint density at radius 1 is 1.39 bits per heavy atom. The van der Waals surface area contributed by atoms with Crippen LogP contribution in [0.4, 0.5) is 0 Å². The zero-order valence-corrected chi connectivity index (χ0v) is 13.6. The van der Waals surface area contributed by atoms with Gasteiger partial charge in [0.2, 0.25) is 0 Å². The Bertz CT molecular complexity index is 718. The van der Waals surface area contributed by atoms with Crippen molar-refractivity contribution in [3.8, 4) is 11.5 Å². The minimum atomic E-state index is -0.472. The molecule has 0 unspecified atom stereocenters. The van der Waals surface area contributed by atoms with E-state index < -0.39 is 6.10 Å². The summed E-state index contributed by atoms with van der Waals surface area (Å²) < 4.78 is 11.1. The number of carbonyl (C=O) groups excluding carboxylic acids is 1. The van der Waals surface area contributed by atoms with Crippen LogP contribution in [0.15, 0.2) is 30.5 Å². The van der Waals surface area contributed by atoms with Gasteiger partial charge in [-0.3, -0.25) is 9.78 Å². The average Bonchev–Trinajstić information content (AvgIpc) is 2.98. The highest BCUT2D eigenvalue weighted by molar-refractivity contribution is 5.82. The van der Waals surface area contributed by atoms with E-state index in [0.29, 0.717) is 13.0 Å². The smallest absolute Gasteiger partial charge is 0.261 e. The summed E-state index contributed by atoms with van der Waals surface area (Å²) in [5.74, 6) is 1.48. The van der Waals surface area contributed by atoms with Crippen LogP contribution < -0.4 is 14.8 Å². The number of para-hydroxylation sites is 1. The number of hydrogen-bond acceptors (Lipinski definition) is 4. The maximum atomic E-state index is 12.3. The Hall–Kier alpha value is -2.56. The van der Waals surface area contributed by atoms with Crippen LogP contribution in [0.25, 0.3) is 0 Å². The molecular weight excluding hydrogens is 292 g/mol. The van der Waals surface area contributed by atoms with Crippen LogP contribution in [0, 0.1) is 13.8 Å². The summed E-state index contributed by atoms with van der Waals surface area (Å²) in [7, 11) is 1.64. The summed E-state index contributed by atoms with van der Waals surface area (Å²) >= 11 is 0. The van der Waals surface area contributed by atoms with Crippen molar-refractivity contribution < 1.29 is 14.3 Å². The van der Waals surface area contributed by atoms with E-state index in [2.05, 4.69) is 10.3 Å². The first kappa shape index (κ1) is 15.3. The van der Waals surface area contributed by atoms with E-state index in [1.165, 1.54) is 0 Å². The average molecular weight is 312 g/mol. The van der Waals surface area contributed by atoms with E-state index in [4.69, 9.17) is 9.47 Å². The first-order chi connectivity index (χ1) is 11.1. The maximum absolute atomic E-state index is 12.3. The number of ether oxygens (including phenoxy) is 2. The molecule has 1 aliphatic rings. The third-order valence-corrected chi connectivity index (χ3v) is 4.12. The Labute approximate surface area is 135 Å². The van der Waals surface area contributed by atoms with E-state index in [1.807, 2.05) is 38.1 Å². The van der Waals surface area contributed by atoms with Crippen LogP contribution in [0.1, 0.15) is 22.4 Å². The predicted molar refractivity (Wildman–Crippen MR) is 86.7 cm³/mol. The molecular formula is C18H20N2O3. The van der Waals surface area contributed by atoms with E-state index in [-0.39, 0.29) is 5.91 Å². The molecule has 1 aromatic heterocycles. The SMILES string of the molecule is COc1c(C)cnc(CNC(=O)[C@H]2Cc3ccccc3O2)c1C. The molecule has 1 aromatic carbocycles. The normalized spacial score (nSPS) is 15.7.